The second kappa shape index (κ2) is 13.1. The van der Waals surface area contributed by atoms with Crippen LogP contribution in [-0.2, 0) is 11.2 Å². The van der Waals surface area contributed by atoms with Crippen LogP contribution in [0.3, 0.4) is 0 Å². The fourth-order valence-corrected chi connectivity index (χ4v) is 4.46. The van der Waals surface area contributed by atoms with E-state index in [0.717, 1.165) is 95.5 Å². The minimum atomic E-state index is 0. The van der Waals surface area contributed by atoms with Crippen molar-refractivity contribution < 1.29 is 4.79 Å². The first kappa shape index (κ1) is 25.7. The number of halogens is 1. The number of guanidine groups is 1. The van der Waals surface area contributed by atoms with E-state index >= 15 is 0 Å². The average molecular weight is 569 g/mol. The number of aliphatic imine (C=N–C) groups is 1. The number of likely N-dealkylation sites (tertiary alicyclic amines) is 1. The highest BCUT2D eigenvalue weighted by atomic mass is 127. The van der Waals surface area contributed by atoms with Crippen LogP contribution in [0.4, 0.5) is 0 Å². The molecule has 9 nitrogen and oxygen atoms in total. The molecule has 0 saturated carbocycles. The number of fused-ring (bicyclic) bond motifs is 1. The van der Waals surface area contributed by atoms with Gasteiger partial charge in [-0.1, -0.05) is 6.07 Å². The van der Waals surface area contributed by atoms with Gasteiger partial charge in [-0.2, -0.15) is 0 Å². The van der Waals surface area contributed by atoms with Crippen LogP contribution in [0.5, 0.6) is 0 Å². The molecule has 0 radical (unpaired) electrons. The summed E-state index contributed by atoms with van der Waals surface area (Å²) in [5.41, 5.74) is 0.885. The van der Waals surface area contributed by atoms with Gasteiger partial charge in [0.1, 0.15) is 5.82 Å². The SMILES string of the molecule is CCNC(=NCCCc1nnc2ccccn12)N1CCN(CC(=O)N2CCCCC2)CC1.I. The molecule has 2 aromatic heterocycles. The lowest BCUT2D eigenvalue weighted by Gasteiger charge is -2.37. The first-order valence-electron chi connectivity index (χ1n) is 12.1. The molecule has 2 aliphatic heterocycles. The van der Waals surface area contributed by atoms with Crippen molar-refractivity contribution in [2.45, 2.75) is 39.0 Å². The molecule has 4 heterocycles. The largest absolute Gasteiger partial charge is 0.357 e. The van der Waals surface area contributed by atoms with Crippen LogP contribution >= 0.6 is 24.0 Å². The number of piperidine rings is 1. The van der Waals surface area contributed by atoms with Gasteiger partial charge in [-0.15, -0.1) is 34.2 Å². The fraction of sp³-hybridized carbons (Fsp3) is 0.652. The summed E-state index contributed by atoms with van der Waals surface area (Å²) in [5.74, 6) is 2.24. The molecule has 0 unspecified atom stereocenters. The van der Waals surface area contributed by atoms with Crippen LogP contribution in [0.25, 0.3) is 5.65 Å². The maximum Gasteiger partial charge on any atom is 0.236 e. The fourth-order valence-electron chi connectivity index (χ4n) is 4.46. The molecule has 2 fully saturated rings. The third-order valence-electron chi connectivity index (χ3n) is 6.28. The van der Waals surface area contributed by atoms with Crippen LogP contribution in [0.15, 0.2) is 29.4 Å². The Morgan fingerprint density at radius 2 is 1.82 bits per heavy atom. The number of hydrogen-bond acceptors (Lipinski definition) is 5. The molecule has 0 spiro atoms. The number of hydrogen-bond donors (Lipinski definition) is 1. The van der Waals surface area contributed by atoms with Crippen molar-refractivity contribution in [3.8, 4) is 0 Å². The topological polar surface area (TPSA) is 81.4 Å². The lowest BCUT2D eigenvalue weighted by Crippen LogP contribution is -2.54. The molecular weight excluding hydrogens is 531 g/mol. The summed E-state index contributed by atoms with van der Waals surface area (Å²) in [7, 11) is 0. The number of rotatable bonds is 7. The lowest BCUT2D eigenvalue weighted by atomic mass is 10.1. The van der Waals surface area contributed by atoms with E-state index in [1.54, 1.807) is 0 Å². The minimum absolute atomic E-state index is 0. The Morgan fingerprint density at radius 3 is 2.58 bits per heavy atom. The summed E-state index contributed by atoms with van der Waals surface area (Å²) in [4.78, 5) is 24.1. The highest BCUT2D eigenvalue weighted by Gasteiger charge is 2.24. The van der Waals surface area contributed by atoms with Gasteiger partial charge >= 0.3 is 0 Å². The van der Waals surface area contributed by atoms with Gasteiger partial charge in [-0.05, 0) is 44.7 Å². The average Bonchev–Trinajstić information content (AvgIpc) is 3.25. The summed E-state index contributed by atoms with van der Waals surface area (Å²) in [6, 6.07) is 5.95. The number of aromatic nitrogens is 3. The quantitative estimate of drug-likeness (QED) is 0.238. The molecular formula is C23H37IN8O. The molecule has 0 atom stereocenters. The number of nitrogens with one attached hydrogen (secondary N) is 1. The molecule has 0 aromatic carbocycles. The van der Waals surface area contributed by atoms with Crippen LogP contribution in [0.2, 0.25) is 0 Å². The normalized spacial score (nSPS) is 17.8. The molecule has 33 heavy (non-hydrogen) atoms. The molecule has 2 saturated heterocycles. The molecule has 10 heteroatoms. The van der Waals surface area contributed by atoms with Crippen molar-refractivity contribution in [1.82, 2.24) is 34.6 Å². The number of amides is 1. The van der Waals surface area contributed by atoms with Gasteiger partial charge in [0.15, 0.2) is 11.6 Å². The van der Waals surface area contributed by atoms with Gasteiger partial charge in [0.05, 0.1) is 6.54 Å². The second-order valence-corrected chi connectivity index (χ2v) is 8.59. The maximum atomic E-state index is 12.6. The predicted octanol–water partition coefficient (Wildman–Crippen LogP) is 1.88. The first-order chi connectivity index (χ1) is 15.7. The number of aryl methyl sites for hydroxylation is 1. The minimum Gasteiger partial charge on any atom is -0.357 e. The van der Waals surface area contributed by atoms with Crippen molar-refractivity contribution in [1.29, 1.82) is 0 Å². The van der Waals surface area contributed by atoms with E-state index in [1.807, 2.05) is 33.7 Å². The zero-order chi connectivity index (χ0) is 22.2. The van der Waals surface area contributed by atoms with Crippen LogP contribution in [0, 0.1) is 0 Å². The maximum absolute atomic E-state index is 12.6. The van der Waals surface area contributed by atoms with E-state index in [9.17, 15) is 4.79 Å². The van der Waals surface area contributed by atoms with E-state index in [2.05, 4.69) is 32.2 Å². The molecule has 1 N–H and O–H groups in total. The van der Waals surface area contributed by atoms with Crippen LogP contribution < -0.4 is 5.32 Å². The number of nitrogens with zero attached hydrogens (tertiary/aromatic N) is 7. The summed E-state index contributed by atoms with van der Waals surface area (Å²) >= 11 is 0. The Morgan fingerprint density at radius 1 is 1.03 bits per heavy atom. The van der Waals surface area contributed by atoms with Crippen LogP contribution in [-0.4, -0.2) is 100 Å². The molecule has 0 aliphatic carbocycles. The molecule has 0 bridgehead atoms. The Bertz CT molecular complexity index is 903. The molecule has 4 rings (SSSR count). The van der Waals surface area contributed by atoms with E-state index < -0.39 is 0 Å². The first-order valence-corrected chi connectivity index (χ1v) is 12.1. The Hall–Kier alpha value is -1.95. The van der Waals surface area contributed by atoms with Gasteiger partial charge < -0.3 is 15.1 Å². The predicted molar refractivity (Wildman–Crippen MR) is 141 cm³/mol. The van der Waals surface area contributed by atoms with Crippen molar-refractivity contribution in [2.24, 2.45) is 4.99 Å². The van der Waals surface area contributed by atoms with Gasteiger partial charge in [-0.3, -0.25) is 19.1 Å². The van der Waals surface area contributed by atoms with Gasteiger partial charge in [0, 0.05) is 65.0 Å². The van der Waals surface area contributed by atoms with E-state index in [1.165, 1.54) is 6.42 Å². The smallest absolute Gasteiger partial charge is 0.236 e. The Balaban J connectivity index is 0.00000306. The molecule has 2 aromatic rings. The number of pyridine rings is 1. The van der Waals surface area contributed by atoms with Gasteiger partial charge in [0.2, 0.25) is 5.91 Å². The van der Waals surface area contributed by atoms with Crippen molar-refractivity contribution in [3.63, 3.8) is 0 Å². The third kappa shape index (κ3) is 7.02. The Labute approximate surface area is 213 Å². The number of piperazine rings is 1. The molecule has 1 amide bonds. The monoisotopic (exact) mass is 568 g/mol. The summed E-state index contributed by atoms with van der Waals surface area (Å²) in [6.07, 6.45) is 7.33. The lowest BCUT2D eigenvalue weighted by molar-refractivity contribution is -0.133. The summed E-state index contributed by atoms with van der Waals surface area (Å²) < 4.78 is 2.04. The Kier molecular flexibility index (Phi) is 10.2. The highest BCUT2D eigenvalue weighted by molar-refractivity contribution is 14.0. The van der Waals surface area contributed by atoms with E-state index in [0.29, 0.717) is 12.5 Å². The standard InChI is InChI=1S/C23H36N8O.HI/c1-2-24-23(25-11-8-10-21-27-26-20-9-4-7-14-31(20)21)30-17-15-28(16-18-30)19-22(32)29-12-5-3-6-13-29;/h4,7,9,14H,2-3,5-6,8,10-13,15-19H2,1H3,(H,24,25);1H. The summed E-state index contributed by atoms with van der Waals surface area (Å²) in [5, 5.41) is 12.0. The number of carbonyl (C=O) groups excluding carboxylic acids is 1. The van der Waals surface area contributed by atoms with Crippen molar-refractivity contribution in [3.05, 3.63) is 30.2 Å². The van der Waals surface area contributed by atoms with E-state index in [4.69, 9.17) is 4.99 Å². The van der Waals surface area contributed by atoms with Crippen LogP contribution in [0.1, 0.15) is 38.4 Å². The molecule has 182 valence electrons. The van der Waals surface area contributed by atoms with Gasteiger partial charge in [0.25, 0.3) is 0 Å². The second-order valence-electron chi connectivity index (χ2n) is 8.59. The summed E-state index contributed by atoms with van der Waals surface area (Å²) in [6.45, 7) is 9.70. The highest BCUT2D eigenvalue weighted by Crippen LogP contribution is 2.10. The van der Waals surface area contributed by atoms with E-state index in [-0.39, 0.29) is 24.0 Å². The van der Waals surface area contributed by atoms with Crippen molar-refractivity contribution >= 4 is 41.5 Å². The zero-order valence-corrected chi connectivity index (χ0v) is 22.0. The zero-order valence-electron chi connectivity index (χ0n) is 19.7. The number of carbonyl (C=O) groups is 1. The molecule has 2 aliphatic rings. The van der Waals surface area contributed by atoms with Gasteiger partial charge in [-0.25, -0.2) is 0 Å². The third-order valence-corrected chi connectivity index (χ3v) is 6.28. The van der Waals surface area contributed by atoms with Crippen molar-refractivity contribution in [2.75, 3.05) is 58.9 Å².